The molecule has 1 aromatic rings. The molecule has 0 spiro atoms. The normalized spacial score (nSPS) is 15.5. The Morgan fingerprint density at radius 2 is 2.00 bits per heavy atom. The van der Waals surface area contributed by atoms with E-state index in [1.807, 2.05) is 24.3 Å². The van der Waals surface area contributed by atoms with Gasteiger partial charge in [-0.05, 0) is 36.5 Å². The van der Waals surface area contributed by atoms with Crippen LogP contribution in [0, 0.1) is 5.92 Å². The van der Waals surface area contributed by atoms with E-state index in [9.17, 15) is 4.79 Å². The van der Waals surface area contributed by atoms with Gasteiger partial charge in [0.2, 0.25) is 5.91 Å². The molecule has 16 heavy (non-hydrogen) atoms. The zero-order valence-corrected chi connectivity index (χ0v) is 9.41. The van der Waals surface area contributed by atoms with E-state index in [2.05, 4.69) is 5.32 Å². The van der Waals surface area contributed by atoms with Gasteiger partial charge in [0.15, 0.2) is 0 Å². The highest BCUT2D eigenvalue weighted by atomic mass is 16.1. The van der Waals surface area contributed by atoms with Crippen molar-refractivity contribution in [3.63, 3.8) is 0 Å². The van der Waals surface area contributed by atoms with Crippen LogP contribution in [-0.2, 0) is 11.3 Å². The minimum Gasteiger partial charge on any atom is -0.399 e. The second-order valence-electron chi connectivity index (χ2n) is 4.52. The van der Waals surface area contributed by atoms with Gasteiger partial charge in [0.05, 0.1) is 0 Å². The first-order valence-corrected chi connectivity index (χ1v) is 5.85. The van der Waals surface area contributed by atoms with Crippen molar-refractivity contribution < 1.29 is 4.79 Å². The maximum atomic E-state index is 11.6. The van der Waals surface area contributed by atoms with Gasteiger partial charge >= 0.3 is 0 Å². The largest absolute Gasteiger partial charge is 0.399 e. The van der Waals surface area contributed by atoms with Gasteiger partial charge in [0.25, 0.3) is 0 Å². The summed E-state index contributed by atoms with van der Waals surface area (Å²) >= 11 is 0. The van der Waals surface area contributed by atoms with Gasteiger partial charge in [0.1, 0.15) is 0 Å². The number of hydrogen-bond acceptors (Lipinski definition) is 2. The van der Waals surface area contributed by atoms with Crippen molar-refractivity contribution in [1.29, 1.82) is 0 Å². The van der Waals surface area contributed by atoms with E-state index < -0.39 is 0 Å². The van der Waals surface area contributed by atoms with E-state index in [0.717, 1.165) is 11.3 Å². The summed E-state index contributed by atoms with van der Waals surface area (Å²) < 4.78 is 0. The van der Waals surface area contributed by atoms with Crippen molar-refractivity contribution in [2.75, 3.05) is 5.73 Å². The fourth-order valence-electron chi connectivity index (χ4n) is 1.87. The standard InChI is InChI=1S/C13H18N2O/c14-12-6-4-11(5-7-12)9-15-13(16)8-10-2-1-3-10/h4-7,10H,1-3,8-9,14H2,(H,15,16). The zero-order chi connectivity index (χ0) is 11.4. The van der Waals surface area contributed by atoms with Crippen LogP contribution >= 0.6 is 0 Å². The van der Waals surface area contributed by atoms with Crippen molar-refractivity contribution >= 4 is 11.6 Å². The number of carbonyl (C=O) groups is 1. The average molecular weight is 218 g/mol. The zero-order valence-electron chi connectivity index (χ0n) is 9.41. The van der Waals surface area contributed by atoms with E-state index >= 15 is 0 Å². The summed E-state index contributed by atoms with van der Waals surface area (Å²) in [5, 5.41) is 2.94. The molecule has 3 N–H and O–H groups in total. The second kappa shape index (κ2) is 5.01. The highest BCUT2D eigenvalue weighted by molar-refractivity contribution is 5.76. The molecule has 1 saturated carbocycles. The predicted molar refractivity (Wildman–Crippen MR) is 64.7 cm³/mol. The molecule has 1 aliphatic carbocycles. The molecule has 0 bridgehead atoms. The molecule has 1 fully saturated rings. The summed E-state index contributed by atoms with van der Waals surface area (Å²) in [5.41, 5.74) is 7.43. The Hall–Kier alpha value is -1.51. The van der Waals surface area contributed by atoms with Crippen molar-refractivity contribution in [2.24, 2.45) is 5.92 Å². The van der Waals surface area contributed by atoms with Crippen molar-refractivity contribution in [2.45, 2.75) is 32.2 Å². The van der Waals surface area contributed by atoms with Crippen LogP contribution in [-0.4, -0.2) is 5.91 Å². The van der Waals surface area contributed by atoms with E-state index in [0.29, 0.717) is 18.9 Å². The minimum atomic E-state index is 0.168. The third-order valence-corrected chi connectivity index (χ3v) is 3.17. The summed E-state index contributed by atoms with van der Waals surface area (Å²) in [7, 11) is 0. The SMILES string of the molecule is Nc1ccc(CNC(=O)CC2CCC2)cc1. The molecule has 0 unspecified atom stereocenters. The topological polar surface area (TPSA) is 55.1 Å². The third kappa shape index (κ3) is 2.99. The Morgan fingerprint density at radius 1 is 1.31 bits per heavy atom. The molecular weight excluding hydrogens is 200 g/mol. The van der Waals surface area contributed by atoms with Crippen molar-refractivity contribution in [3.05, 3.63) is 29.8 Å². The predicted octanol–water partition coefficient (Wildman–Crippen LogP) is 2.08. The van der Waals surface area contributed by atoms with Gasteiger partial charge in [-0.15, -0.1) is 0 Å². The van der Waals surface area contributed by atoms with Crippen LogP contribution in [0.3, 0.4) is 0 Å². The van der Waals surface area contributed by atoms with Crippen LogP contribution in [0.5, 0.6) is 0 Å². The van der Waals surface area contributed by atoms with Crippen LogP contribution in [0.25, 0.3) is 0 Å². The van der Waals surface area contributed by atoms with Crippen LogP contribution < -0.4 is 11.1 Å². The van der Waals surface area contributed by atoms with Crippen LogP contribution in [0.4, 0.5) is 5.69 Å². The maximum Gasteiger partial charge on any atom is 0.220 e. The van der Waals surface area contributed by atoms with Crippen molar-refractivity contribution in [1.82, 2.24) is 5.32 Å². The number of carbonyl (C=O) groups excluding carboxylic acids is 1. The Kier molecular flexibility index (Phi) is 3.44. The third-order valence-electron chi connectivity index (χ3n) is 3.17. The van der Waals surface area contributed by atoms with E-state index in [1.54, 1.807) is 0 Å². The molecule has 2 rings (SSSR count). The van der Waals surface area contributed by atoms with Gasteiger partial charge in [-0.3, -0.25) is 4.79 Å². The number of rotatable bonds is 4. The molecule has 0 aromatic heterocycles. The fraction of sp³-hybridized carbons (Fsp3) is 0.462. The molecular formula is C13H18N2O. The number of nitrogens with one attached hydrogen (secondary N) is 1. The molecule has 0 saturated heterocycles. The molecule has 86 valence electrons. The first kappa shape index (κ1) is 11.0. The highest BCUT2D eigenvalue weighted by Crippen LogP contribution is 2.29. The first-order chi connectivity index (χ1) is 7.74. The lowest BCUT2D eigenvalue weighted by Gasteiger charge is -2.24. The molecule has 1 amide bonds. The molecule has 3 heteroatoms. The number of anilines is 1. The smallest absolute Gasteiger partial charge is 0.220 e. The Morgan fingerprint density at radius 3 is 2.56 bits per heavy atom. The van der Waals surface area contributed by atoms with Gasteiger partial charge in [-0.2, -0.15) is 0 Å². The Labute approximate surface area is 96.0 Å². The number of benzene rings is 1. The minimum absolute atomic E-state index is 0.168. The number of nitrogens with two attached hydrogens (primary N) is 1. The lowest BCUT2D eigenvalue weighted by molar-refractivity contribution is -0.122. The first-order valence-electron chi connectivity index (χ1n) is 5.85. The average Bonchev–Trinajstić information content (AvgIpc) is 2.23. The molecule has 0 heterocycles. The Bertz CT molecular complexity index is 355. The molecule has 0 radical (unpaired) electrons. The van der Waals surface area contributed by atoms with Crippen molar-refractivity contribution in [3.8, 4) is 0 Å². The molecule has 0 aliphatic heterocycles. The van der Waals surface area contributed by atoms with Crippen LogP contribution in [0.2, 0.25) is 0 Å². The summed E-state index contributed by atoms with van der Waals surface area (Å²) in [6.07, 6.45) is 4.41. The monoisotopic (exact) mass is 218 g/mol. The quantitative estimate of drug-likeness (QED) is 0.760. The van der Waals surface area contributed by atoms with Crippen LogP contribution in [0.1, 0.15) is 31.2 Å². The lowest BCUT2D eigenvalue weighted by atomic mass is 9.83. The molecule has 3 nitrogen and oxygen atoms in total. The van der Waals surface area contributed by atoms with Gasteiger partial charge in [0, 0.05) is 18.7 Å². The number of amides is 1. The summed E-state index contributed by atoms with van der Waals surface area (Å²) in [4.78, 5) is 11.6. The van der Waals surface area contributed by atoms with Gasteiger partial charge in [-0.1, -0.05) is 18.6 Å². The van der Waals surface area contributed by atoms with Crippen LogP contribution in [0.15, 0.2) is 24.3 Å². The number of hydrogen-bond donors (Lipinski definition) is 2. The molecule has 1 aliphatic rings. The van der Waals surface area contributed by atoms with Gasteiger partial charge in [-0.25, -0.2) is 0 Å². The second-order valence-corrected chi connectivity index (χ2v) is 4.52. The van der Waals surface area contributed by atoms with E-state index in [1.165, 1.54) is 19.3 Å². The highest BCUT2D eigenvalue weighted by Gasteiger charge is 2.20. The lowest BCUT2D eigenvalue weighted by Crippen LogP contribution is -2.27. The summed E-state index contributed by atoms with van der Waals surface area (Å²) in [6, 6.07) is 7.60. The summed E-state index contributed by atoms with van der Waals surface area (Å²) in [5.74, 6) is 0.799. The maximum absolute atomic E-state index is 11.6. The van der Waals surface area contributed by atoms with Gasteiger partial charge < -0.3 is 11.1 Å². The van der Waals surface area contributed by atoms with E-state index in [-0.39, 0.29) is 5.91 Å². The molecule has 1 aromatic carbocycles. The van der Waals surface area contributed by atoms with E-state index in [4.69, 9.17) is 5.73 Å². The fourth-order valence-corrected chi connectivity index (χ4v) is 1.87. The Balaban J connectivity index is 1.73. The summed E-state index contributed by atoms with van der Waals surface area (Å²) in [6.45, 7) is 0.603. The molecule has 0 atom stereocenters. The number of nitrogen functional groups attached to an aromatic ring is 1.